The summed E-state index contributed by atoms with van der Waals surface area (Å²) in [6, 6.07) is 0.790. The molecule has 1 heterocycles. The maximum atomic E-state index is 12.0. The molecule has 0 aliphatic carbocycles. The van der Waals surface area contributed by atoms with Crippen molar-refractivity contribution in [1.82, 2.24) is 15.5 Å². The average molecular weight is 269 g/mol. The normalized spacial score (nSPS) is 19.9. The van der Waals surface area contributed by atoms with Gasteiger partial charge in [0.15, 0.2) is 0 Å². The van der Waals surface area contributed by atoms with Gasteiger partial charge in [-0.15, -0.1) is 0 Å². The molecule has 1 saturated heterocycles. The summed E-state index contributed by atoms with van der Waals surface area (Å²) in [4.78, 5) is 14.3. The number of likely N-dealkylation sites (tertiary alicyclic amines) is 1. The fraction of sp³-hybridized carbons (Fsp3) is 0.933. The maximum Gasteiger partial charge on any atom is 0.237 e. The molecule has 2 N–H and O–H groups in total. The molecule has 4 nitrogen and oxygen atoms in total. The van der Waals surface area contributed by atoms with Gasteiger partial charge < -0.3 is 10.6 Å². The van der Waals surface area contributed by atoms with Gasteiger partial charge in [0.25, 0.3) is 0 Å². The summed E-state index contributed by atoms with van der Waals surface area (Å²) in [5.41, 5.74) is 0. The van der Waals surface area contributed by atoms with Crippen molar-refractivity contribution in [2.45, 2.75) is 65.6 Å². The van der Waals surface area contributed by atoms with Gasteiger partial charge in [-0.3, -0.25) is 9.69 Å². The van der Waals surface area contributed by atoms with Crippen LogP contribution in [0.15, 0.2) is 0 Å². The molecule has 0 aromatic heterocycles. The first-order chi connectivity index (χ1) is 8.90. The molecule has 1 amide bonds. The zero-order chi connectivity index (χ0) is 14.4. The molecule has 0 radical (unpaired) electrons. The predicted octanol–water partition coefficient (Wildman–Crippen LogP) is 1.61. The lowest BCUT2D eigenvalue weighted by atomic mass is 9.95. The Kier molecular flexibility index (Phi) is 6.80. The zero-order valence-electron chi connectivity index (χ0n) is 13.2. The average Bonchev–Trinajstić information content (AvgIpc) is 2.35. The zero-order valence-corrected chi connectivity index (χ0v) is 13.2. The molecule has 0 spiro atoms. The Hall–Kier alpha value is -0.610. The highest BCUT2D eigenvalue weighted by atomic mass is 16.2. The van der Waals surface area contributed by atoms with Crippen molar-refractivity contribution in [2.75, 3.05) is 19.6 Å². The lowest BCUT2D eigenvalue weighted by molar-refractivity contribution is -0.126. The van der Waals surface area contributed by atoms with Crippen molar-refractivity contribution in [3.05, 3.63) is 0 Å². The van der Waals surface area contributed by atoms with Gasteiger partial charge in [0.2, 0.25) is 5.91 Å². The SMILES string of the molecule is CC(C)NCC1CCN(C(C)C(=O)NC(C)C)CC1. The summed E-state index contributed by atoms with van der Waals surface area (Å²) in [7, 11) is 0. The summed E-state index contributed by atoms with van der Waals surface area (Å²) >= 11 is 0. The van der Waals surface area contributed by atoms with Crippen LogP contribution in [0.25, 0.3) is 0 Å². The van der Waals surface area contributed by atoms with Gasteiger partial charge >= 0.3 is 0 Å². The molecular weight excluding hydrogens is 238 g/mol. The summed E-state index contributed by atoms with van der Waals surface area (Å²) in [6.07, 6.45) is 2.39. The molecule has 112 valence electrons. The van der Waals surface area contributed by atoms with E-state index in [0.717, 1.165) is 25.6 Å². The third kappa shape index (κ3) is 5.91. The third-order valence-electron chi connectivity index (χ3n) is 3.82. The van der Waals surface area contributed by atoms with Crippen LogP contribution in [0.2, 0.25) is 0 Å². The van der Waals surface area contributed by atoms with E-state index in [1.807, 2.05) is 20.8 Å². The number of amides is 1. The van der Waals surface area contributed by atoms with Crippen LogP contribution < -0.4 is 10.6 Å². The van der Waals surface area contributed by atoms with Gasteiger partial charge in [-0.25, -0.2) is 0 Å². The molecular formula is C15H31N3O. The third-order valence-corrected chi connectivity index (χ3v) is 3.82. The maximum absolute atomic E-state index is 12.0. The Bertz CT molecular complexity index is 271. The van der Waals surface area contributed by atoms with Crippen molar-refractivity contribution in [3.8, 4) is 0 Å². The molecule has 1 aliphatic heterocycles. The summed E-state index contributed by atoms with van der Waals surface area (Å²) in [6.45, 7) is 13.6. The smallest absolute Gasteiger partial charge is 0.237 e. The van der Waals surface area contributed by atoms with Crippen molar-refractivity contribution < 1.29 is 4.79 Å². The number of carbonyl (C=O) groups is 1. The van der Waals surface area contributed by atoms with E-state index in [2.05, 4.69) is 29.4 Å². The molecule has 19 heavy (non-hydrogen) atoms. The number of hydrogen-bond donors (Lipinski definition) is 2. The lowest BCUT2D eigenvalue weighted by Crippen LogP contribution is -2.50. The van der Waals surface area contributed by atoms with Crippen LogP contribution in [0.4, 0.5) is 0 Å². The quantitative estimate of drug-likeness (QED) is 0.770. The Labute approximate surface area is 118 Å². The van der Waals surface area contributed by atoms with Gasteiger partial charge in [0.1, 0.15) is 0 Å². The van der Waals surface area contributed by atoms with E-state index in [4.69, 9.17) is 0 Å². The Morgan fingerprint density at radius 3 is 2.16 bits per heavy atom. The lowest BCUT2D eigenvalue weighted by Gasteiger charge is -2.35. The predicted molar refractivity (Wildman–Crippen MR) is 80.2 cm³/mol. The highest BCUT2D eigenvalue weighted by molar-refractivity contribution is 5.81. The molecule has 0 aromatic carbocycles. The van der Waals surface area contributed by atoms with Gasteiger partial charge in [-0.1, -0.05) is 13.8 Å². The van der Waals surface area contributed by atoms with Crippen molar-refractivity contribution >= 4 is 5.91 Å². The first-order valence-corrected chi connectivity index (χ1v) is 7.68. The van der Waals surface area contributed by atoms with Crippen molar-refractivity contribution in [3.63, 3.8) is 0 Å². The van der Waals surface area contributed by atoms with Gasteiger partial charge in [0.05, 0.1) is 6.04 Å². The van der Waals surface area contributed by atoms with E-state index >= 15 is 0 Å². The van der Waals surface area contributed by atoms with Crippen LogP contribution >= 0.6 is 0 Å². The van der Waals surface area contributed by atoms with Crippen LogP contribution in [-0.2, 0) is 4.79 Å². The van der Waals surface area contributed by atoms with E-state index in [9.17, 15) is 4.79 Å². The minimum atomic E-state index is 0.00130. The molecule has 0 bridgehead atoms. The number of rotatable bonds is 6. The fourth-order valence-corrected chi connectivity index (χ4v) is 2.52. The molecule has 0 saturated carbocycles. The second-order valence-corrected chi connectivity index (χ2v) is 6.38. The Morgan fingerprint density at radius 2 is 1.68 bits per heavy atom. The second kappa shape index (κ2) is 7.85. The molecule has 4 heteroatoms. The molecule has 1 aliphatic rings. The number of carbonyl (C=O) groups excluding carboxylic acids is 1. The van der Waals surface area contributed by atoms with E-state index in [1.165, 1.54) is 12.8 Å². The van der Waals surface area contributed by atoms with Gasteiger partial charge in [-0.2, -0.15) is 0 Å². The topological polar surface area (TPSA) is 44.4 Å². The Balaban J connectivity index is 2.30. The number of nitrogens with one attached hydrogen (secondary N) is 2. The van der Waals surface area contributed by atoms with E-state index in [1.54, 1.807) is 0 Å². The number of hydrogen-bond acceptors (Lipinski definition) is 3. The monoisotopic (exact) mass is 269 g/mol. The molecule has 1 fully saturated rings. The second-order valence-electron chi connectivity index (χ2n) is 6.38. The van der Waals surface area contributed by atoms with Crippen molar-refractivity contribution in [2.24, 2.45) is 5.92 Å². The number of nitrogens with zero attached hydrogens (tertiary/aromatic N) is 1. The molecule has 1 rings (SSSR count). The number of piperidine rings is 1. The summed E-state index contributed by atoms with van der Waals surface area (Å²) < 4.78 is 0. The molecule has 1 unspecified atom stereocenters. The van der Waals surface area contributed by atoms with E-state index < -0.39 is 0 Å². The largest absolute Gasteiger partial charge is 0.353 e. The highest BCUT2D eigenvalue weighted by Crippen LogP contribution is 2.18. The van der Waals surface area contributed by atoms with Crippen LogP contribution in [0.3, 0.4) is 0 Å². The standard InChI is InChI=1S/C15H31N3O/c1-11(2)16-10-14-6-8-18(9-7-14)13(5)15(19)17-12(3)4/h11-14,16H,6-10H2,1-5H3,(H,17,19). The van der Waals surface area contributed by atoms with Gasteiger partial charge in [-0.05, 0) is 59.2 Å². The summed E-state index contributed by atoms with van der Waals surface area (Å²) in [5.74, 6) is 0.924. The molecule has 1 atom stereocenters. The van der Waals surface area contributed by atoms with Gasteiger partial charge in [0, 0.05) is 12.1 Å². The van der Waals surface area contributed by atoms with Crippen LogP contribution in [-0.4, -0.2) is 48.6 Å². The summed E-state index contributed by atoms with van der Waals surface area (Å²) in [5, 5.41) is 6.51. The minimum Gasteiger partial charge on any atom is -0.353 e. The first kappa shape index (κ1) is 16.4. The van der Waals surface area contributed by atoms with Crippen LogP contribution in [0, 0.1) is 5.92 Å². The van der Waals surface area contributed by atoms with E-state index in [-0.39, 0.29) is 18.0 Å². The van der Waals surface area contributed by atoms with Crippen LogP contribution in [0.5, 0.6) is 0 Å². The fourth-order valence-electron chi connectivity index (χ4n) is 2.52. The first-order valence-electron chi connectivity index (χ1n) is 7.68. The highest BCUT2D eigenvalue weighted by Gasteiger charge is 2.26. The molecule has 0 aromatic rings. The van der Waals surface area contributed by atoms with E-state index in [0.29, 0.717) is 6.04 Å². The van der Waals surface area contributed by atoms with Crippen molar-refractivity contribution in [1.29, 1.82) is 0 Å². The minimum absolute atomic E-state index is 0.00130. The van der Waals surface area contributed by atoms with Crippen LogP contribution in [0.1, 0.15) is 47.5 Å². The Morgan fingerprint density at radius 1 is 1.11 bits per heavy atom.